The number of ether oxygens (including phenoxy) is 4. The number of carbonyl (C=O) groups excluding carboxylic acids is 4. The molecule has 1 aliphatic heterocycles. The van der Waals surface area contributed by atoms with Crippen LogP contribution in [0, 0.1) is 0 Å². The van der Waals surface area contributed by atoms with Gasteiger partial charge in [-0.1, -0.05) is 20.8 Å². The molecular formula is C23H32N6O8. The molecule has 3 N–H and O–H groups in total. The van der Waals surface area contributed by atoms with E-state index in [-0.39, 0.29) is 32.3 Å². The van der Waals surface area contributed by atoms with Crippen molar-refractivity contribution in [1.82, 2.24) is 19.5 Å². The zero-order valence-electron chi connectivity index (χ0n) is 21.0. The van der Waals surface area contributed by atoms with E-state index >= 15 is 0 Å². The molecule has 202 valence electrons. The van der Waals surface area contributed by atoms with Crippen LogP contribution in [0.1, 0.15) is 59.1 Å². The molecule has 0 saturated carbocycles. The summed E-state index contributed by atoms with van der Waals surface area (Å²) in [4.78, 5) is 60.2. The van der Waals surface area contributed by atoms with Crippen LogP contribution < -0.4 is 11.1 Å². The molecule has 4 atom stereocenters. The molecule has 1 aliphatic rings. The predicted molar refractivity (Wildman–Crippen MR) is 128 cm³/mol. The van der Waals surface area contributed by atoms with Crippen molar-refractivity contribution in [2.45, 2.75) is 77.4 Å². The number of aromatic nitrogens is 4. The quantitative estimate of drug-likeness (QED) is 0.217. The van der Waals surface area contributed by atoms with Crippen LogP contribution in [0.3, 0.4) is 0 Å². The predicted octanol–water partition coefficient (Wildman–Crippen LogP) is 0.998. The average Bonchev–Trinajstić information content (AvgIpc) is 3.46. The fourth-order valence-electron chi connectivity index (χ4n) is 3.72. The molecule has 3 rings (SSSR count). The van der Waals surface area contributed by atoms with Gasteiger partial charge in [-0.25, -0.2) is 15.0 Å². The summed E-state index contributed by atoms with van der Waals surface area (Å²) < 4.78 is 24.2. The minimum absolute atomic E-state index is 0.0827. The highest BCUT2D eigenvalue weighted by atomic mass is 16.7. The van der Waals surface area contributed by atoms with Crippen LogP contribution in [0.15, 0.2) is 12.7 Å². The first kappa shape index (κ1) is 27.8. The van der Waals surface area contributed by atoms with Crippen molar-refractivity contribution >= 4 is 40.8 Å². The van der Waals surface area contributed by atoms with Crippen molar-refractivity contribution in [3.05, 3.63) is 12.7 Å². The smallest absolute Gasteiger partial charge is 0.306 e. The van der Waals surface area contributed by atoms with E-state index in [1.807, 2.05) is 0 Å². The lowest BCUT2D eigenvalue weighted by atomic mass is 10.1. The van der Waals surface area contributed by atoms with Crippen LogP contribution >= 0.6 is 0 Å². The summed E-state index contributed by atoms with van der Waals surface area (Å²) in [6, 6.07) is 0. The Bertz CT molecular complexity index is 1120. The van der Waals surface area contributed by atoms with Crippen molar-refractivity contribution in [2.24, 2.45) is 5.73 Å². The number of esters is 3. The SMILES string of the molecule is CCC(=O)OC[C@H]1O[C@H](n2cnc3c(NCCCC(N)=O)ncnc32)[C@H](OC(=O)CC)[C@@H]1OC(=O)CC. The molecular weight excluding hydrogens is 488 g/mol. The van der Waals surface area contributed by atoms with Gasteiger partial charge >= 0.3 is 17.9 Å². The summed E-state index contributed by atoms with van der Waals surface area (Å²) >= 11 is 0. The number of nitrogens with two attached hydrogens (primary N) is 1. The number of hydrogen-bond donors (Lipinski definition) is 2. The number of primary amides is 1. The van der Waals surface area contributed by atoms with E-state index < -0.39 is 48.4 Å². The number of fused-ring (bicyclic) bond motifs is 1. The third-order valence-electron chi connectivity index (χ3n) is 5.62. The van der Waals surface area contributed by atoms with Gasteiger partial charge in [0.25, 0.3) is 0 Å². The largest absolute Gasteiger partial charge is 0.463 e. The zero-order valence-corrected chi connectivity index (χ0v) is 21.0. The second kappa shape index (κ2) is 12.9. The van der Waals surface area contributed by atoms with Gasteiger partial charge in [0.2, 0.25) is 5.91 Å². The summed E-state index contributed by atoms with van der Waals surface area (Å²) in [5.74, 6) is -1.49. The van der Waals surface area contributed by atoms with Gasteiger partial charge in [0, 0.05) is 32.2 Å². The average molecular weight is 521 g/mol. The van der Waals surface area contributed by atoms with E-state index in [9.17, 15) is 19.2 Å². The number of amides is 1. The highest BCUT2D eigenvalue weighted by Crippen LogP contribution is 2.36. The van der Waals surface area contributed by atoms with Gasteiger partial charge < -0.3 is 30.0 Å². The lowest BCUT2D eigenvalue weighted by Gasteiger charge is -2.24. The second-order valence-corrected chi connectivity index (χ2v) is 8.26. The molecule has 0 aliphatic carbocycles. The Labute approximate surface area is 213 Å². The molecule has 0 aromatic carbocycles. The van der Waals surface area contributed by atoms with E-state index in [0.717, 1.165) is 0 Å². The first-order chi connectivity index (χ1) is 17.8. The fourth-order valence-corrected chi connectivity index (χ4v) is 3.72. The fraction of sp³-hybridized carbons (Fsp3) is 0.609. The van der Waals surface area contributed by atoms with Crippen LogP contribution in [0.25, 0.3) is 11.2 Å². The van der Waals surface area contributed by atoms with Crippen molar-refractivity contribution < 1.29 is 38.1 Å². The van der Waals surface area contributed by atoms with Crippen molar-refractivity contribution in [3.63, 3.8) is 0 Å². The number of nitrogens with zero attached hydrogens (tertiary/aromatic N) is 4. The lowest BCUT2D eigenvalue weighted by Crippen LogP contribution is -2.41. The monoisotopic (exact) mass is 520 g/mol. The number of hydrogen-bond acceptors (Lipinski definition) is 12. The summed E-state index contributed by atoms with van der Waals surface area (Å²) in [7, 11) is 0. The van der Waals surface area contributed by atoms with E-state index in [4.69, 9.17) is 24.7 Å². The number of anilines is 1. The van der Waals surface area contributed by atoms with Gasteiger partial charge in [-0.2, -0.15) is 0 Å². The van der Waals surface area contributed by atoms with Crippen molar-refractivity contribution in [3.8, 4) is 0 Å². The highest BCUT2D eigenvalue weighted by molar-refractivity contribution is 5.82. The molecule has 14 nitrogen and oxygen atoms in total. The third kappa shape index (κ3) is 6.90. The molecule has 0 unspecified atom stereocenters. The summed E-state index contributed by atoms with van der Waals surface area (Å²) in [5.41, 5.74) is 5.96. The molecule has 1 fully saturated rings. The molecule has 3 heterocycles. The Morgan fingerprint density at radius 2 is 1.68 bits per heavy atom. The molecule has 2 aromatic heterocycles. The Kier molecular flexibility index (Phi) is 9.71. The summed E-state index contributed by atoms with van der Waals surface area (Å²) in [5, 5.41) is 3.10. The van der Waals surface area contributed by atoms with E-state index in [1.54, 1.807) is 25.3 Å². The Morgan fingerprint density at radius 1 is 1.00 bits per heavy atom. The molecule has 0 radical (unpaired) electrons. The Balaban J connectivity index is 1.94. The standard InChI is InChI=1S/C23H32N6O8/c1-4-15(31)34-10-13-19(36-16(32)5-2)20(37-17(33)6-3)23(35-13)29-12-28-18-21(26-11-27-22(18)29)25-9-7-8-14(24)30/h11-13,19-20,23H,4-10H2,1-3H3,(H2,24,30)(H,25,26,27)/t13-,19-,20-,23+/m1/s1. The molecule has 0 bridgehead atoms. The topological polar surface area (TPSA) is 187 Å². The molecule has 14 heteroatoms. The Morgan fingerprint density at radius 3 is 2.32 bits per heavy atom. The Hall–Kier alpha value is -3.81. The van der Waals surface area contributed by atoms with Crippen molar-refractivity contribution in [2.75, 3.05) is 18.5 Å². The number of nitrogens with one attached hydrogen (secondary N) is 1. The number of rotatable bonds is 13. The highest BCUT2D eigenvalue weighted by Gasteiger charge is 2.51. The van der Waals surface area contributed by atoms with Crippen LogP contribution in [0.4, 0.5) is 5.82 Å². The van der Waals surface area contributed by atoms with Gasteiger partial charge in [-0.15, -0.1) is 0 Å². The van der Waals surface area contributed by atoms with Crippen LogP contribution in [-0.2, 0) is 38.1 Å². The molecule has 1 amide bonds. The first-order valence-corrected chi connectivity index (χ1v) is 12.2. The van der Waals surface area contributed by atoms with Crippen molar-refractivity contribution in [1.29, 1.82) is 0 Å². The van der Waals surface area contributed by atoms with Gasteiger partial charge in [0.15, 0.2) is 35.4 Å². The maximum absolute atomic E-state index is 12.3. The third-order valence-corrected chi connectivity index (χ3v) is 5.62. The number of imidazole rings is 1. The lowest BCUT2D eigenvalue weighted by molar-refractivity contribution is -0.169. The summed E-state index contributed by atoms with van der Waals surface area (Å²) in [6.07, 6.45) is -0.170. The van der Waals surface area contributed by atoms with Gasteiger partial charge in [0.1, 0.15) is 19.0 Å². The number of carbonyl (C=O) groups is 4. The van der Waals surface area contributed by atoms with Crippen LogP contribution in [0.5, 0.6) is 0 Å². The van der Waals surface area contributed by atoms with Crippen LogP contribution in [0.2, 0.25) is 0 Å². The molecule has 1 saturated heterocycles. The minimum atomic E-state index is -1.06. The van der Waals surface area contributed by atoms with Gasteiger partial charge in [-0.05, 0) is 6.42 Å². The zero-order chi connectivity index (χ0) is 26.9. The normalized spacial score (nSPS) is 20.9. The molecule has 2 aromatic rings. The second-order valence-electron chi connectivity index (χ2n) is 8.26. The van der Waals surface area contributed by atoms with Crippen LogP contribution in [-0.4, -0.2) is 74.8 Å². The maximum atomic E-state index is 12.3. The van der Waals surface area contributed by atoms with Gasteiger partial charge in [0.05, 0.1) is 6.33 Å². The van der Waals surface area contributed by atoms with Gasteiger partial charge in [-0.3, -0.25) is 23.7 Å². The van der Waals surface area contributed by atoms with E-state index in [1.165, 1.54) is 12.7 Å². The minimum Gasteiger partial charge on any atom is -0.463 e. The molecule has 0 spiro atoms. The first-order valence-electron chi connectivity index (χ1n) is 12.2. The van der Waals surface area contributed by atoms with E-state index in [0.29, 0.717) is 29.9 Å². The van der Waals surface area contributed by atoms with E-state index in [2.05, 4.69) is 20.3 Å². The summed E-state index contributed by atoms with van der Waals surface area (Å²) in [6.45, 7) is 5.14. The maximum Gasteiger partial charge on any atom is 0.306 e. The molecule has 37 heavy (non-hydrogen) atoms.